The Balaban J connectivity index is 1.03. The van der Waals surface area contributed by atoms with Crippen molar-refractivity contribution < 1.29 is 0 Å². The number of aromatic nitrogens is 4. The summed E-state index contributed by atoms with van der Waals surface area (Å²) in [6.07, 6.45) is 0. The number of rotatable bonds is 4. The van der Waals surface area contributed by atoms with Crippen molar-refractivity contribution in [3.63, 3.8) is 0 Å². The third kappa shape index (κ3) is 5.64. The lowest BCUT2D eigenvalue weighted by Crippen LogP contribution is -2.26. The third-order valence-corrected chi connectivity index (χ3v) is 14.7. The van der Waals surface area contributed by atoms with Crippen molar-refractivity contribution in [1.29, 1.82) is 0 Å². The zero-order valence-electron chi connectivity index (χ0n) is 36.1. The van der Waals surface area contributed by atoms with Crippen molar-refractivity contribution in [3.05, 3.63) is 191 Å². The zero-order chi connectivity index (χ0) is 42.8. The number of hydrogen-bond acceptors (Lipinski definition) is 6. The lowest BCUT2D eigenvalue weighted by molar-refractivity contribution is 0.590. The lowest BCUT2D eigenvalue weighted by Gasteiger charge is -2.31. The molecule has 2 aromatic heterocycles. The molecule has 0 aliphatic heterocycles. The highest BCUT2D eigenvalue weighted by Crippen LogP contribution is 2.63. The second-order valence-corrected chi connectivity index (χ2v) is 20.3. The summed E-state index contributed by atoms with van der Waals surface area (Å²) in [7, 11) is 0. The molecule has 0 saturated heterocycles. The van der Waals surface area contributed by atoms with Gasteiger partial charge < -0.3 is 0 Å². The molecule has 0 radical (unpaired) electrons. The van der Waals surface area contributed by atoms with Crippen LogP contribution < -0.4 is 0 Å². The van der Waals surface area contributed by atoms with Gasteiger partial charge in [0.1, 0.15) is 22.1 Å². The molecule has 304 valence electrons. The van der Waals surface area contributed by atoms with Crippen LogP contribution in [-0.4, -0.2) is 17.5 Å². The van der Waals surface area contributed by atoms with Crippen LogP contribution in [0.1, 0.15) is 74.9 Å². The minimum Gasteiger partial charge on any atom is -0.172 e. The highest BCUT2D eigenvalue weighted by molar-refractivity contribution is 7.00. The van der Waals surface area contributed by atoms with Crippen molar-refractivity contribution in [2.75, 3.05) is 0 Å². The van der Waals surface area contributed by atoms with Crippen LogP contribution in [0.25, 0.3) is 88.8 Å². The third-order valence-electron chi connectivity index (χ3n) is 13.7. The van der Waals surface area contributed by atoms with Crippen LogP contribution in [0.5, 0.6) is 0 Å². The van der Waals surface area contributed by atoms with Gasteiger partial charge in [0.05, 0.1) is 28.9 Å². The second kappa shape index (κ2) is 13.7. The molecule has 4 nitrogen and oxygen atoms in total. The summed E-state index contributed by atoms with van der Waals surface area (Å²) in [4.78, 5) is 0. The van der Waals surface area contributed by atoms with Gasteiger partial charge in [-0.3, -0.25) is 0 Å². The Labute approximate surface area is 376 Å². The summed E-state index contributed by atoms with van der Waals surface area (Å²) in [5.41, 5.74) is 25.3. The number of benzene rings is 8. The first-order chi connectivity index (χ1) is 30.5. The molecule has 1 spiro atoms. The molecule has 8 aromatic carbocycles. The number of nitrogens with zero attached hydrogens (tertiary/aromatic N) is 4. The van der Waals surface area contributed by atoms with Crippen molar-refractivity contribution in [2.24, 2.45) is 0 Å². The molecule has 0 N–H and O–H groups in total. The minimum atomic E-state index is -0.535. The van der Waals surface area contributed by atoms with Crippen molar-refractivity contribution >= 4 is 45.5 Å². The fraction of sp³-hybridized carbons (Fsp3) is 0.158. The lowest BCUT2D eigenvalue weighted by atomic mass is 9.70. The molecule has 0 unspecified atom stereocenters. The van der Waals surface area contributed by atoms with Gasteiger partial charge in [-0.05, 0) is 101 Å². The maximum Gasteiger partial charge on any atom is 0.113 e. The van der Waals surface area contributed by atoms with Crippen LogP contribution in [0.4, 0.5) is 0 Å². The number of hydrogen-bond donors (Lipinski definition) is 0. The van der Waals surface area contributed by atoms with Gasteiger partial charge in [0.25, 0.3) is 0 Å². The predicted octanol–water partition coefficient (Wildman–Crippen LogP) is 15.3. The summed E-state index contributed by atoms with van der Waals surface area (Å²) in [5.74, 6) is 0. The summed E-state index contributed by atoms with van der Waals surface area (Å²) in [6.45, 7) is 13.5. The summed E-state index contributed by atoms with van der Waals surface area (Å²) in [5, 5.41) is 0. The van der Waals surface area contributed by atoms with E-state index in [0.717, 1.165) is 66.6 Å². The fourth-order valence-corrected chi connectivity index (χ4v) is 11.6. The van der Waals surface area contributed by atoms with Gasteiger partial charge in [-0.25, -0.2) is 0 Å². The smallest absolute Gasteiger partial charge is 0.113 e. The highest BCUT2D eigenvalue weighted by Gasteiger charge is 2.52. The van der Waals surface area contributed by atoms with E-state index >= 15 is 0 Å². The van der Waals surface area contributed by atoms with E-state index in [2.05, 4.69) is 199 Å². The van der Waals surface area contributed by atoms with Gasteiger partial charge in [-0.15, -0.1) is 0 Å². The van der Waals surface area contributed by atoms with Crippen molar-refractivity contribution in [2.45, 2.75) is 57.8 Å². The molecule has 2 aliphatic carbocycles. The van der Waals surface area contributed by atoms with Crippen molar-refractivity contribution in [1.82, 2.24) is 17.5 Å². The van der Waals surface area contributed by atoms with Crippen LogP contribution >= 0.6 is 23.5 Å². The second-order valence-electron chi connectivity index (χ2n) is 19.3. The predicted molar refractivity (Wildman–Crippen MR) is 264 cm³/mol. The quantitative estimate of drug-likeness (QED) is 0.177. The SMILES string of the molecule is CC(C)(C)c1ccc(-c2ccc(-c3ccc4c(c3)C3(c5ccccc5-c5ccccc53)c3cc(-c5ccc(-c6ccc(C(C)(C)C)cc6)c6nsnc56)ccc3-4)c3nsnc23)cc1. The standard InChI is InChI=1S/C57H44N4S2/c1-55(2,3)37-21-15-33(16-22-37)39-27-29-41(53-51(39)58-62-60-53)35-19-25-45-46-26-20-36(42-30-28-40(52-54(42)61-63-59-52)34-17-23-38(24-18-34)56(4,5)6)32-50(46)57(49(45)31-35)47-13-9-7-11-43(47)44-12-8-10-14-48(44)57/h7-32H,1-6H3. The molecule has 63 heavy (non-hydrogen) atoms. The van der Waals surface area contributed by atoms with E-state index in [4.69, 9.17) is 17.5 Å². The summed E-state index contributed by atoms with van der Waals surface area (Å²) < 4.78 is 19.7. The average Bonchev–Trinajstić information content (AvgIpc) is 4.10. The van der Waals surface area contributed by atoms with E-state index in [-0.39, 0.29) is 10.8 Å². The largest absolute Gasteiger partial charge is 0.172 e. The van der Waals surface area contributed by atoms with E-state index in [1.165, 1.54) is 79.1 Å². The van der Waals surface area contributed by atoms with Crippen LogP contribution in [0.3, 0.4) is 0 Å². The molecule has 12 rings (SSSR count). The molecule has 0 saturated carbocycles. The van der Waals surface area contributed by atoms with E-state index < -0.39 is 5.41 Å². The molecule has 2 heterocycles. The summed E-state index contributed by atoms with van der Waals surface area (Å²) >= 11 is 2.57. The Bertz CT molecular complexity index is 3240. The zero-order valence-corrected chi connectivity index (χ0v) is 37.7. The molecule has 2 aliphatic rings. The maximum atomic E-state index is 4.96. The average molecular weight is 849 g/mol. The first-order valence-electron chi connectivity index (χ1n) is 21.7. The van der Waals surface area contributed by atoms with Gasteiger partial charge in [0.15, 0.2) is 0 Å². The molecule has 0 amide bonds. The van der Waals surface area contributed by atoms with Crippen molar-refractivity contribution in [3.8, 4) is 66.8 Å². The highest BCUT2D eigenvalue weighted by atomic mass is 32.1. The Kier molecular flexibility index (Phi) is 8.29. The van der Waals surface area contributed by atoms with Crippen LogP contribution in [0.15, 0.2) is 158 Å². The molecule has 0 atom stereocenters. The van der Waals surface area contributed by atoms with Gasteiger partial charge in [0.2, 0.25) is 0 Å². The fourth-order valence-electron chi connectivity index (χ4n) is 10.4. The molecule has 0 bridgehead atoms. The molecular formula is C57H44N4S2. The van der Waals surface area contributed by atoms with Gasteiger partial charge in [0, 0.05) is 22.3 Å². The monoisotopic (exact) mass is 848 g/mol. The molecule has 6 heteroatoms. The van der Waals surface area contributed by atoms with E-state index in [1.54, 1.807) is 0 Å². The van der Waals surface area contributed by atoms with E-state index in [0.29, 0.717) is 0 Å². The van der Waals surface area contributed by atoms with Gasteiger partial charge >= 0.3 is 0 Å². The normalized spacial score (nSPS) is 13.7. The van der Waals surface area contributed by atoms with Crippen LogP contribution in [0.2, 0.25) is 0 Å². The number of fused-ring (bicyclic) bond motifs is 12. The Hall–Kier alpha value is -6.60. The van der Waals surface area contributed by atoms with Crippen LogP contribution in [0, 0.1) is 0 Å². The Morgan fingerprint density at radius 3 is 0.984 bits per heavy atom. The molecule has 0 fully saturated rings. The molecule has 10 aromatic rings. The minimum absolute atomic E-state index is 0.0863. The van der Waals surface area contributed by atoms with Gasteiger partial charge in [-0.2, -0.15) is 17.5 Å². The van der Waals surface area contributed by atoms with Crippen LogP contribution in [-0.2, 0) is 16.2 Å². The first-order valence-corrected chi connectivity index (χ1v) is 23.2. The Morgan fingerprint density at radius 2 is 0.619 bits per heavy atom. The first kappa shape index (κ1) is 38.1. The molecular weight excluding hydrogens is 805 g/mol. The topological polar surface area (TPSA) is 51.6 Å². The van der Waals surface area contributed by atoms with Gasteiger partial charge in [-0.1, -0.05) is 187 Å². The summed E-state index contributed by atoms with van der Waals surface area (Å²) in [6, 6.07) is 59.0. The Morgan fingerprint density at radius 1 is 0.317 bits per heavy atom. The van der Waals surface area contributed by atoms with E-state index in [9.17, 15) is 0 Å². The maximum absolute atomic E-state index is 4.96. The van der Waals surface area contributed by atoms with E-state index in [1.807, 2.05) is 0 Å².